The fourth-order valence-electron chi connectivity index (χ4n) is 5.06. The van der Waals surface area contributed by atoms with Gasteiger partial charge in [-0.1, -0.05) is 52.2 Å². The second kappa shape index (κ2) is 12.7. The molecular formula is C32H45N5O3Si. The molecule has 0 aliphatic heterocycles. The number of amides is 2. The normalized spacial score (nSPS) is 15.4. The van der Waals surface area contributed by atoms with Crippen molar-refractivity contribution in [3.63, 3.8) is 0 Å². The first kappa shape index (κ1) is 30.7. The van der Waals surface area contributed by atoms with E-state index in [4.69, 9.17) is 4.43 Å². The molecule has 0 saturated heterocycles. The number of rotatable bonds is 9. The summed E-state index contributed by atoms with van der Waals surface area (Å²) in [7, 11) is -0.148. The predicted octanol–water partition coefficient (Wildman–Crippen LogP) is 6.63. The van der Waals surface area contributed by atoms with E-state index >= 15 is 0 Å². The average molecular weight is 576 g/mol. The smallest absolute Gasteiger partial charge is 0.270 e. The third-order valence-corrected chi connectivity index (χ3v) is 13.2. The molecule has 0 spiro atoms. The molecule has 0 bridgehead atoms. The largest absolute Gasteiger partial charge is 0.413 e. The van der Waals surface area contributed by atoms with Gasteiger partial charge >= 0.3 is 0 Å². The van der Waals surface area contributed by atoms with Crippen LogP contribution in [-0.4, -0.2) is 40.9 Å². The number of benzene rings is 1. The quantitative estimate of drug-likeness (QED) is 0.279. The van der Waals surface area contributed by atoms with Crippen molar-refractivity contribution >= 4 is 25.8 Å². The number of aromatic nitrogens is 3. The number of nitrogens with one attached hydrogen (secondary N) is 2. The molecule has 41 heavy (non-hydrogen) atoms. The van der Waals surface area contributed by atoms with Gasteiger partial charge in [-0.25, -0.2) is 0 Å². The molecule has 2 aromatic heterocycles. The van der Waals surface area contributed by atoms with Crippen LogP contribution in [0.2, 0.25) is 18.1 Å². The Morgan fingerprint density at radius 2 is 1.78 bits per heavy atom. The number of hydrogen-bond donors (Lipinski definition) is 2. The minimum Gasteiger partial charge on any atom is -0.413 e. The molecule has 0 radical (unpaired) electrons. The van der Waals surface area contributed by atoms with Gasteiger partial charge in [0.25, 0.3) is 5.91 Å². The van der Waals surface area contributed by atoms with E-state index in [1.807, 2.05) is 37.4 Å². The zero-order valence-electron chi connectivity index (χ0n) is 25.6. The van der Waals surface area contributed by atoms with Crippen LogP contribution < -0.4 is 10.6 Å². The van der Waals surface area contributed by atoms with Crippen molar-refractivity contribution < 1.29 is 14.0 Å². The topological polar surface area (TPSA) is 98.1 Å². The van der Waals surface area contributed by atoms with E-state index in [1.165, 1.54) is 11.1 Å². The van der Waals surface area contributed by atoms with Gasteiger partial charge in [0.05, 0.1) is 6.61 Å². The van der Waals surface area contributed by atoms with Crippen molar-refractivity contribution in [3.05, 3.63) is 65.7 Å². The van der Waals surface area contributed by atoms with E-state index in [0.717, 1.165) is 48.1 Å². The molecule has 4 rings (SSSR count). The Morgan fingerprint density at radius 1 is 1.10 bits per heavy atom. The first-order valence-electron chi connectivity index (χ1n) is 14.7. The molecule has 9 heteroatoms. The maximum Gasteiger partial charge on any atom is 0.270 e. The summed E-state index contributed by atoms with van der Waals surface area (Å²) in [5.41, 5.74) is 5.18. The number of carbonyl (C=O) groups is 2. The lowest BCUT2D eigenvalue weighted by molar-refractivity contribution is -0.119. The fraction of sp³-hybridized carbons (Fsp3) is 0.500. The van der Waals surface area contributed by atoms with Crippen LogP contribution in [0.15, 0.2) is 48.8 Å². The van der Waals surface area contributed by atoms with Crippen molar-refractivity contribution in [3.8, 4) is 11.1 Å². The molecule has 8 nitrogen and oxygen atoms in total. The second-order valence-corrected chi connectivity index (χ2v) is 17.6. The molecule has 1 aromatic carbocycles. The minimum absolute atomic E-state index is 0.102. The predicted molar refractivity (Wildman–Crippen MR) is 166 cm³/mol. The number of nitrogens with zero attached hydrogens (tertiary/aromatic N) is 3. The van der Waals surface area contributed by atoms with Crippen molar-refractivity contribution in [1.82, 2.24) is 20.1 Å². The van der Waals surface area contributed by atoms with Gasteiger partial charge in [0.1, 0.15) is 11.7 Å². The van der Waals surface area contributed by atoms with Crippen LogP contribution in [0.1, 0.15) is 74.6 Å². The second-order valence-electron chi connectivity index (χ2n) is 12.8. The van der Waals surface area contributed by atoms with Gasteiger partial charge in [0, 0.05) is 36.4 Å². The number of pyridine rings is 1. The summed E-state index contributed by atoms with van der Waals surface area (Å²) in [5, 5.41) is 10.3. The summed E-state index contributed by atoms with van der Waals surface area (Å²) < 4.78 is 7.94. The Balaban J connectivity index is 1.47. The molecule has 1 aliphatic carbocycles. The van der Waals surface area contributed by atoms with Gasteiger partial charge in [-0.05, 0) is 79.2 Å². The lowest BCUT2D eigenvalue weighted by Gasteiger charge is -2.36. The fourth-order valence-corrected chi connectivity index (χ4v) is 6.02. The molecule has 1 unspecified atom stereocenters. The van der Waals surface area contributed by atoms with Gasteiger partial charge < -0.3 is 15.1 Å². The van der Waals surface area contributed by atoms with E-state index in [1.54, 1.807) is 19.3 Å². The Hall–Kier alpha value is -3.30. The number of carbonyl (C=O) groups excluding carboxylic acids is 2. The molecule has 1 atom stereocenters. The number of aryl methyl sites for hydroxylation is 2. The molecule has 1 aliphatic rings. The highest BCUT2D eigenvalue weighted by Crippen LogP contribution is 2.37. The Bertz CT molecular complexity index is 1350. The molecule has 2 N–H and O–H groups in total. The van der Waals surface area contributed by atoms with Crippen LogP contribution in [-0.2, 0) is 22.9 Å². The van der Waals surface area contributed by atoms with E-state index < -0.39 is 14.4 Å². The molecule has 3 aromatic rings. The van der Waals surface area contributed by atoms with Crippen molar-refractivity contribution in [2.45, 2.75) is 90.6 Å². The van der Waals surface area contributed by atoms with Crippen LogP contribution >= 0.6 is 0 Å². The van der Waals surface area contributed by atoms with E-state index in [-0.39, 0.29) is 22.8 Å². The Kier molecular flexibility index (Phi) is 9.49. The lowest BCUT2D eigenvalue weighted by atomic mass is 9.83. The summed E-state index contributed by atoms with van der Waals surface area (Å²) in [6.45, 7) is 13.8. The summed E-state index contributed by atoms with van der Waals surface area (Å²) in [5.74, 6) is -0.376. The summed E-state index contributed by atoms with van der Waals surface area (Å²) >= 11 is 0. The minimum atomic E-state index is -1.87. The number of anilines is 1. The van der Waals surface area contributed by atoms with Crippen molar-refractivity contribution in [2.24, 2.45) is 13.0 Å². The van der Waals surface area contributed by atoms with Gasteiger partial charge in [-0.2, -0.15) is 5.10 Å². The molecule has 1 saturated carbocycles. The first-order valence-corrected chi connectivity index (χ1v) is 17.6. The molecule has 2 amide bonds. The van der Waals surface area contributed by atoms with Crippen LogP contribution in [0.5, 0.6) is 0 Å². The first-order chi connectivity index (χ1) is 19.4. The monoisotopic (exact) mass is 575 g/mol. The van der Waals surface area contributed by atoms with E-state index in [9.17, 15) is 9.59 Å². The van der Waals surface area contributed by atoms with Gasteiger partial charge in [0.15, 0.2) is 8.32 Å². The van der Waals surface area contributed by atoms with E-state index in [2.05, 4.69) is 60.6 Å². The SMILES string of the molecule is Cc1ncc(CO[Si](C)(C)C(C)(C)C)cc1-c1ccc(NC(=O)C(NC(=O)c2ccnn2C)C2CCCCC2)cc1. The Morgan fingerprint density at radius 3 is 2.39 bits per heavy atom. The summed E-state index contributed by atoms with van der Waals surface area (Å²) in [6, 6.07) is 11.0. The summed E-state index contributed by atoms with van der Waals surface area (Å²) in [6.07, 6.45) is 8.62. The highest BCUT2D eigenvalue weighted by molar-refractivity contribution is 6.74. The molecule has 220 valence electrons. The van der Waals surface area contributed by atoms with Crippen LogP contribution in [0.3, 0.4) is 0 Å². The Labute approximate surface area is 245 Å². The molecular weight excluding hydrogens is 530 g/mol. The maximum atomic E-state index is 13.5. The standard InChI is InChI=1S/C32H45N5O3Si/c1-22-27(19-23(20-33-22)21-40-41(6,7)32(2,3)4)24-13-15-26(16-14-24)35-31(39)29(25-11-9-8-10-12-25)36-30(38)28-17-18-34-37(28)5/h13-20,25,29H,8-12,21H2,1-7H3,(H,35,39)(H,36,38). The van der Waals surface area contributed by atoms with Crippen LogP contribution in [0.25, 0.3) is 11.1 Å². The summed E-state index contributed by atoms with van der Waals surface area (Å²) in [4.78, 5) is 31.1. The zero-order valence-corrected chi connectivity index (χ0v) is 26.6. The highest BCUT2D eigenvalue weighted by Gasteiger charge is 2.37. The van der Waals surface area contributed by atoms with Gasteiger partial charge in [-0.3, -0.25) is 19.3 Å². The van der Waals surface area contributed by atoms with Crippen LogP contribution in [0.4, 0.5) is 5.69 Å². The van der Waals surface area contributed by atoms with Crippen molar-refractivity contribution in [2.75, 3.05) is 5.32 Å². The highest BCUT2D eigenvalue weighted by atomic mass is 28.4. The molecule has 2 heterocycles. The lowest BCUT2D eigenvalue weighted by Crippen LogP contribution is -2.49. The average Bonchev–Trinajstić information content (AvgIpc) is 3.37. The zero-order chi connectivity index (χ0) is 29.8. The van der Waals surface area contributed by atoms with Gasteiger partial charge in [0.2, 0.25) is 5.91 Å². The number of hydrogen-bond acceptors (Lipinski definition) is 5. The van der Waals surface area contributed by atoms with Crippen molar-refractivity contribution in [1.29, 1.82) is 0 Å². The third kappa shape index (κ3) is 7.51. The van der Waals surface area contributed by atoms with E-state index in [0.29, 0.717) is 18.0 Å². The van der Waals surface area contributed by atoms with Crippen LogP contribution in [0, 0.1) is 12.8 Å². The third-order valence-electron chi connectivity index (χ3n) is 8.76. The molecule has 1 fully saturated rings. The maximum absolute atomic E-state index is 13.5. The van der Waals surface area contributed by atoms with Gasteiger partial charge in [-0.15, -0.1) is 0 Å².